The molecule has 1 atom stereocenters. The molecule has 0 radical (unpaired) electrons. The van der Waals surface area contributed by atoms with E-state index in [9.17, 15) is 18.5 Å². The summed E-state index contributed by atoms with van der Waals surface area (Å²) in [6.45, 7) is 1.76. The Morgan fingerprint density at radius 3 is 2.48 bits per heavy atom. The molecule has 1 N–H and O–H groups in total. The van der Waals surface area contributed by atoms with Crippen LogP contribution in [-0.2, 0) is 9.84 Å². The molecule has 1 aromatic heterocycles. The average molecular weight is 395 g/mol. The number of benzene rings is 1. The van der Waals surface area contributed by atoms with Gasteiger partial charge in [0, 0.05) is 22.4 Å². The van der Waals surface area contributed by atoms with E-state index in [1.54, 1.807) is 25.1 Å². The van der Waals surface area contributed by atoms with Gasteiger partial charge in [0.25, 0.3) is 0 Å². The normalized spacial score (nSPS) is 12.9. The van der Waals surface area contributed by atoms with E-state index in [0.717, 1.165) is 23.7 Å². The van der Waals surface area contributed by atoms with Gasteiger partial charge in [0.1, 0.15) is 4.21 Å². The zero-order valence-electron chi connectivity index (χ0n) is 12.0. The van der Waals surface area contributed by atoms with Gasteiger partial charge in [0.05, 0.1) is 11.0 Å². The number of hydrogen-bond acceptors (Lipinski definition) is 6. The van der Waals surface area contributed by atoms with Crippen molar-refractivity contribution in [3.8, 4) is 0 Å². The van der Waals surface area contributed by atoms with Crippen LogP contribution >= 0.6 is 34.5 Å². The zero-order chi connectivity index (χ0) is 17.4. The fraction of sp³-hybridized carbons (Fsp3) is 0.231. The lowest BCUT2D eigenvalue weighted by Gasteiger charge is -2.15. The van der Waals surface area contributed by atoms with Gasteiger partial charge in [-0.15, -0.1) is 0 Å². The second-order valence-corrected chi connectivity index (χ2v) is 8.98. The Morgan fingerprint density at radius 1 is 1.30 bits per heavy atom. The van der Waals surface area contributed by atoms with E-state index in [0.29, 0.717) is 15.6 Å². The van der Waals surface area contributed by atoms with Crippen LogP contribution in [0.15, 0.2) is 28.5 Å². The highest BCUT2D eigenvalue weighted by Crippen LogP contribution is 2.39. The molecule has 1 aromatic carbocycles. The number of nitrogens with one attached hydrogen (secondary N) is 1. The Labute approximate surface area is 147 Å². The molecular formula is C13H12Cl2N2O4S2. The summed E-state index contributed by atoms with van der Waals surface area (Å²) in [6.07, 6.45) is 1.01. The van der Waals surface area contributed by atoms with Crippen LogP contribution < -0.4 is 5.32 Å². The summed E-state index contributed by atoms with van der Waals surface area (Å²) < 4.78 is 23.1. The largest absolute Gasteiger partial charge is 0.365 e. The van der Waals surface area contributed by atoms with Crippen LogP contribution in [0.1, 0.15) is 18.5 Å². The predicted molar refractivity (Wildman–Crippen MR) is 92.6 cm³/mol. The third kappa shape index (κ3) is 4.14. The lowest BCUT2D eigenvalue weighted by atomic mass is 10.1. The summed E-state index contributed by atoms with van der Waals surface area (Å²) in [7, 11) is -3.52. The van der Waals surface area contributed by atoms with Crippen LogP contribution in [-0.4, -0.2) is 19.6 Å². The molecule has 0 saturated carbocycles. The predicted octanol–water partition coefficient (Wildman–Crippen LogP) is 4.54. The first-order valence-corrected chi connectivity index (χ1v) is 9.75. The first-order chi connectivity index (χ1) is 10.6. The molecule has 0 saturated heterocycles. The molecule has 0 fully saturated rings. The van der Waals surface area contributed by atoms with Crippen LogP contribution in [0.2, 0.25) is 10.0 Å². The summed E-state index contributed by atoms with van der Waals surface area (Å²) in [4.78, 5) is 10.5. The summed E-state index contributed by atoms with van der Waals surface area (Å²) in [5.41, 5.74) is 0.409. The molecule has 124 valence electrons. The van der Waals surface area contributed by atoms with E-state index in [1.165, 1.54) is 0 Å². The molecule has 0 aliphatic carbocycles. The maximum absolute atomic E-state index is 11.6. The summed E-state index contributed by atoms with van der Waals surface area (Å²) >= 11 is 12.8. The van der Waals surface area contributed by atoms with Crippen LogP contribution in [0.4, 0.5) is 10.7 Å². The van der Waals surface area contributed by atoms with E-state index in [1.807, 2.05) is 0 Å². The Balaban J connectivity index is 2.39. The Morgan fingerprint density at radius 2 is 1.96 bits per heavy atom. The van der Waals surface area contributed by atoms with Crippen LogP contribution in [0.3, 0.4) is 0 Å². The van der Waals surface area contributed by atoms with Crippen molar-refractivity contribution in [1.82, 2.24) is 0 Å². The van der Waals surface area contributed by atoms with Crippen molar-refractivity contribution in [1.29, 1.82) is 0 Å². The molecule has 0 bridgehead atoms. The summed E-state index contributed by atoms with van der Waals surface area (Å²) in [5, 5.41) is 15.1. The molecule has 0 amide bonds. The molecule has 0 unspecified atom stereocenters. The number of anilines is 1. The number of thiophene rings is 1. The van der Waals surface area contributed by atoms with E-state index in [2.05, 4.69) is 5.32 Å². The maximum atomic E-state index is 11.6. The van der Waals surface area contributed by atoms with Gasteiger partial charge in [-0.3, -0.25) is 10.1 Å². The smallest absolute Gasteiger partial charge is 0.304 e. The molecule has 2 aromatic rings. The maximum Gasteiger partial charge on any atom is 0.304 e. The minimum Gasteiger partial charge on any atom is -0.365 e. The molecule has 6 nitrogen and oxygen atoms in total. The number of sulfone groups is 1. The van der Waals surface area contributed by atoms with Crippen molar-refractivity contribution in [3.05, 3.63) is 50.0 Å². The molecule has 23 heavy (non-hydrogen) atoms. The molecule has 1 heterocycles. The Bertz CT molecular complexity index is 865. The lowest BCUT2D eigenvalue weighted by molar-refractivity contribution is -0.383. The quantitative estimate of drug-likeness (QED) is 0.593. The number of hydrogen-bond donors (Lipinski definition) is 1. The van der Waals surface area contributed by atoms with Gasteiger partial charge >= 0.3 is 5.69 Å². The topological polar surface area (TPSA) is 89.3 Å². The minimum atomic E-state index is -3.52. The van der Waals surface area contributed by atoms with E-state index in [-0.39, 0.29) is 20.9 Å². The second kappa shape index (κ2) is 6.64. The van der Waals surface area contributed by atoms with Crippen LogP contribution in [0.25, 0.3) is 0 Å². The third-order valence-corrected chi connectivity index (χ3v) is 6.45. The van der Waals surface area contributed by atoms with Crippen LogP contribution in [0, 0.1) is 10.1 Å². The SMILES string of the molecule is C[C@H](Nc1sc(S(C)(=O)=O)cc1[N+](=O)[O-])c1ccc(Cl)cc1Cl. The van der Waals surface area contributed by atoms with Crippen LogP contribution in [0.5, 0.6) is 0 Å². The monoisotopic (exact) mass is 394 g/mol. The van der Waals surface area contributed by atoms with Crippen molar-refractivity contribution < 1.29 is 13.3 Å². The van der Waals surface area contributed by atoms with Gasteiger partial charge in [-0.25, -0.2) is 8.42 Å². The van der Waals surface area contributed by atoms with Crippen molar-refractivity contribution in [2.75, 3.05) is 11.6 Å². The minimum absolute atomic E-state index is 0.0684. The summed E-state index contributed by atoms with van der Waals surface area (Å²) in [6, 6.07) is 5.62. The highest BCUT2D eigenvalue weighted by Gasteiger charge is 2.25. The van der Waals surface area contributed by atoms with Crippen molar-refractivity contribution >= 4 is 55.1 Å². The highest BCUT2D eigenvalue weighted by atomic mass is 35.5. The molecular weight excluding hydrogens is 383 g/mol. The number of nitro groups is 1. The van der Waals surface area contributed by atoms with Gasteiger partial charge < -0.3 is 5.32 Å². The molecule has 10 heteroatoms. The number of halogens is 2. The first-order valence-electron chi connectivity index (χ1n) is 6.29. The van der Waals surface area contributed by atoms with E-state index < -0.39 is 14.8 Å². The highest BCUT2D eigenvalue weighted by molar-refractivity contribution is 7.92. The van der Waals surface area contributed by atoms with Gasteiger partial charge in [0.2, 0.25) is 0 Å². The number of nitrogens with zero attached hydrogens (tertiary/aromatic N) is 1. The van der Waals surface area contributed by atoms with E-state index >= 15 is 0 Å². The molecule has 0 aliphatic rings. The number of rotatable bonds is 5. The standard InChI is InChI=1S/C13H12Cl2N2O4S2/c1-7(9-4-3-8(14)5-10(9)15)16-13-11(17(18)19)6-12(22-13)23(2,20)21/h3-7,16H,1-2H3/t7-/m0/s1. The summed E-state index contributed by atoms with van der Waals surface area (Å²) in [5.74, 6) is 0. The van der Waals surface area contributed by atoms with Crippen molar-refractivity contribution in [2.24, 2.45) is 0 Å². The van der Waals surface area contributed by atoms with Crippen molar-refractivity contribution in [2.45, 2.75) is 17.2 Å². The fourth-order valence-corrected chi connectivity index (χ4v) is 4.51. The Hall–Kier alpha value is -1.35. The van der Waals surface area contributed by atoms with Crippen molar-refractivity contribution in [3.63, 3.8) is 0 Å². The fourth-order valence-electron chi connectivity index (χ4n) is 1.91. The lowest BCUT2D eigenvalue weighted by Crippen LogP contribution is -2.07. The Kier molecular flexibility index (Phi) is 5.20. The zero-order valence-corrected chi connectivity index (χ0v) is 15.2. The van der Waals surface area contributed by atoms with Gasteiger partial charge in [0.15, 0.2) is 14.8 Å². The van der Waals surface area contributed by atoms with Gasteiger partial charge in [-0.2, -0.15) is 0 Å². The van der Waals surface area contributed by atoms with E-state index in [4.69, 9.17) is 23.2 Å². The molecule has 2 rings (SSSR count). The molecule has 0 spiro atoms. The van der Waals surface area contributed by atoms with Gasteiger partial charge in [-0.1, -0.05) is 40.6 Å². The molecule has 0 aliphatic heterocycles. The second-order valence-electron chi connectivity index (χ2n) is 4.84. The average Bonchev–Trinajstić information content (AvgIpc) is 2.82. The van der Waals surface area contributed by atoms with Gasteiger partial charge in [-0.05, 0) is 24.6 Å². The third-order valence-electron chi connectivity index (χ3n) is 3.03. The first kappa shape index (κ1) is 18.0.